The number of nitrogens with zero attached hydrogens (tertiary/aromatic N) is 1. The molecule has 1 aliphatic rings. The molecule has 160 valence electrons. The maximum Gasteiger partial charge on any atom is 0.255 e. The average molecular weight is 540 g/mol. The third-order valence-electron chi connectivity index (χ3n) is 5.06. The Kier molecular flexibility index (Phi) is 7.91. The van der Waals surface area contributed by atoms with Crippen LogP contribution in [0.4, 0.5) is 5.69 Å². The Morgan fingerprint density at radius 3 is 2.47 bits per heavy atom. The zero-order chi connectivity index (χ0) is 21.7. The number of carbonyl (C=O) groups is 1. The van der Waals surface area contributed by atoms with E-state index >= 15 is 0 Å². The number of methoxy groups -OCH3 is 2. The van der Waals surface area contributed by atoms with E-state index in [1.807, 2.05) is 12.1 Å². The van der Waals surface area contributed by atoms with E-state index in [2.05, 4.69) is 37.2 Å². The summed E-state index contributed by atoms with van der Waals surface area (Å²) >= 11 is 7.04. The van der Waals surface area contributed by atoms with Crippen LogP contribution in [0.15, 0.2) is 44.3 Å². The average Bonchev–Trinajstić information content (AvgIpc) is 2.74. The van der Waals surface area contributed by atoms with Crippen LogP contribution in [0.5, 0.6) is 11.5 Å². The monoisotopic (exact) mass is 538 g/mol. The molecule has 2 aromatic rings. The molecule has 2 aromatic carbocycles. The predicted octanol–water partition coefficient (Wildman–Crippen LogP) is 5.20. The van der Waals surface area contributed by atoms with Crippen LogP contribution in [0.25, 0.3) is 0 Å². The highest BCUT2D eigenvalue weighted by Gasteiger charge is 2.19. The SMILES string of the molecule is COc1ccc(C(=O)Nc2c(Br)cc(Br)cc2/C=N/C2CCC(O)CC2)cc1OC. The fourth-order valence-corrected chi connectivity index (χ4v) is 4.74. The molecule has 0 aromatic heterocycles. The van der Waals surface area contributed by atoms with Crippen molar-refractivity contribution in [3.05, 3.63) is 50.4 Å². The topological polar surface area (TPSA) is 80.2 Å². The van der Waals surface area contributed by atoms with Crippen LogP contribution in [0.1, 0.15) is 41.6 Å². The second-order valence-electron chi connectivity index (χ2n) is 7.12. The van der Waals surface area contributed by atoms with Crippen molar-refractivity contribution < 1.29 is 19.4 Å². The lowest BCUT2D eigenvalue weighted by Crippen LogP contribution is -2.20. The van der Waals surface area contributed by atoms with Crippen LogP contribution >= 0.6 is 31.9 Å². The third kappa shape index (κ3) is 5.62. The number of rotatable bonds is 6. The van der Waals surface area contributed by atoms with Gasteiger partial charge in [-0.15, -0.1) is 0 Å². The summed E-state index contributed by atoms with van der Waals surface area (Å²) < 4.78 is 12.1. The first-order valence-corrected chi connectivity index (χ1v) is 11.2. The van der Waals surface area contributed by atoms with E-state index in [0.717, 1.165) is 40.2 Å². The summed E-state index contributed by atoms with van der Waals surface area (Å²) in [6.07, 6.45) is 4.84. The Bertz CT molecular complexity index is 941. The highest BCUT2D eigenvalue weighted by atomic mass is 79.9. The number of hydrogen-bond donors (Lipinski definition) is 2. The van der Waals surface area contributed by atoms with E-state index < -0.39 is 0 Å². The molecule has 30 heavy (non-hydrogen) atoms. The normalized spacial score (nSPS) is 19.0. The highest BCUT2D eigenvalue weighted by molar-refractivity contribution is 9.11. The Balaban J connectivity index is 1.84. The van der Waals surface area contributed by atoms with Gasteiger partial charge in [-0.05, 0) is 71.9 Å². The van der Waals surface area contributed by atoms with Crippen molar-refractivity contribution in [1.82, 2.24) is 0 Å². The predicted molar refractivity (Wildman–Crippen MR) is 125 cm³/mol. The van der Waals surface area contributed by atoms with Gasteiger partial charge in [-0.3, -0.25) is 9.79 Å². The van der Waals surface area contributed by atoms with Crippen LogP contribution in [0.2, 0.25) is 0 Å². The number of anilines is 1. The third-order valence-corrected chi connectivity index (χ3v) is 6.14. The van der Waals surface area contributed by atoms with E-state index in [1.165, 1.54) is 7.11 Å². The number of nitrogens with one attached hydrogen (secondary N) is 1. The van der Waals surface area contributed by atoms with Crippen LogP contribution in [-0.4, -0.2) is 43.6 Å². The van der Waals surface area contributed by atoms with Gasteiger partial charge in [-0.1, -0.05) is 15.9 Å². The number of amides is 1. The van der Waals surface area contributed by atoms with E-state index in [9.17, 15) is 9.90 Å². The van der Waals surface area contributed by atoms with Gasteiger partial charge >= 0.3 is 0 Å². The summed E-state index contributed by atoms with van der Waals surface area (Å²) in [5.74, 6) is 0.778. The van der Waals surface area contributed by atoms with Gasteiger partial charge in [0.25, 0.3) is 5.91 Å². The first kappa shape index (κ1) is 22.8. The summed E-state index contributed by atoms with van der Waals surface area (Å²) in [6.45, 7) is 0. The summed E-state index contributed by atoms with van der Waals surface area (Å²) in [7, 11) is 3.08. The second kappa shape index (κ2) is 10.4. The molecule has 0 radical (unpaired) electrons. The molecule has 0 spiro atoms. The Hall–Kier alpha value is -1.90. The van der Waals surface area contributed by atoms with Crippen molar-refractivity contribution in [3.8, 4) is 11.5 Å². The zero-order valence-electron chi connectivity index (χ0n) is 16.8. The molecule has 0 aliphatic heterocycles. The Labute approximate surface area is 192 Å². The minimum absolute atomic E-state index is 0.181. The minimum atomic E-state index is -0.269. The van der Waals surface area contributed by atoms with Crippen LogP contribution in [-0.2, 0) is 0 Å². The molecule has 1 aliphatic carbocycles. The number of hydrogen-bond acceptors (Lipinski definition) is 5. The first-order valence-electron chi connectivity index (χ1n) is 9.65. The van der Waals surface area contributed by atoms with Gasteiger partial charge in [0, 0.05) is 26.3 Å². The number of aliphatic imine (C=N–C) groups is 1. The number of ether oxygens (including phenoxy) is 2. The number of carbonyl (C=O) groups excluding carboxylic acids is 1. The highest BCUT2D eigenvalue weighted by Crippen LogP contribution is 2.32. The molecule has 2 N–H and O–H groups in total. The van der Waals surface area contributed by atoms with Gasteiger partial charge in [-0.25, -0.2) is 0 Å². The standard InChI is InChI=1S/C22H24Br2N2O4/c1-29-19-8-3-13(10-20(19)30-2)22(28)26-21-14(9-15(23)11-18(21)24)12-25-16-4-6-17(27)7-5-16/h3,8-12,16-17,27H,4-7H2,1-2H3,(H,26,28)/b25-12+. The molecule has 1 amide bonds. The molecule has 1 saturated carbocycles. The van der Waals surface area contributed by atoms with Gasteiger partial charge in [0.1, 0.15) is 0 Å². The molecule has 0 unspecified atom stereocenters. The Morgan fingerprint density at radius 2 is 1.80 bits per heavy atom. The summed E-state index contributed by atoms with van der Waals surface area (Å²) in [6, 6.07) is 8.99. The van der Waals surface area contributed by atoms with Crippen molar-refractivity contribution in [2.45, 2.75) is 37.8 Å². The lowest BCUT2D eigenvalue weighted by molar-refractivity contribution is 0.102. The minimum Gasteiger partial charge on any atom is -0.493 e. The van der Waals surface area contributed by atoms with Crippen molar-refractivity contribution in [2.75, 3.05) is 19.5 Å². The van der Waals surface area contributed by atoms with E-state index in [-0.39, 0.29) is 18.1 Å². The molecule has 0 atom stereocenters. The van der Waals surface area contributed by atoms with Crippen molar-refractivity contribution in [3.63, 3.8) is 0 Å². The summed E-state index contributed by atoms with van der Waals surface area (Å²) in [5, 5.41) is 12.6. The lowest BCUT2D eigenvalue weighted by Gasteiger charge is -2.22. The zero-order valence-corrected chi connectivity index (χ0v) is 20.0. The molecule has 0 heterocycles. The number of halogens is 2. The van der Waals surface area contributed by atoms with E-state index in [0.29, 0.717) is 22.7 Å². The van der Waals surface area contributed by atoms with Gasteiger partial charge in [0.2, 0.25) is 0 Å². The quantitative estimate of drug-likeness (QED) is 0.494. The van der Waals surface area contributed by atoms with E-state index in [4.69, 9.17) is 14.5 Å². The van der Waals surface area contributed by atoms with Gasteiger partial charge in [-0.2, -0.15) is 0 Å². The van der Waals surface area contributed by atoms with Gasteiger partial charge in [0.05, 0.1) is 32.1 Å². The Morgan fingerprint density at radius 1 is 1.10 bits per heavy atom. The first-order chi connectivity index (χ1) is 14.4. The van der Waals surface area contributed by atoms with Crippen molar-refractivity contribution in [1.29, 1.82) is 0 Å². The smallest absolute Gasteiger partial charge is 0.255 e. The van der Waals surface area contributed by atoms with Crippen LogP contribution in [0.3, 0.4) is 0 Å². The maximum atomic E-state index is 12.9. The van der Waals surface area contributed by atoms with Crippen molar-refractivity contribution >= 4 is 49.7 Å². The molecule has 6 nitrogen and oxygen atoms in total. The second-order valence-corrected chi connectivity index (χ2v) is 8.89. The van der Waals surface area contributed by atoms with Crippen molar-refractivity contribution in [2.24, 2.45) is 4.99 Å². The molecular weight excluding hydrogens is 516 g/mol. The number of aliphatic hydroxyl groups is 1. The molecule has 0 saturated heterocycles. The van der Waals surface area contributed by atoms with Gasteiger partial charge in [0.15, 0.2) is 11.5 Å². The molecule has 1 fully saturated rings. The molecule has 3 rings (SSSR count). The number of benzene rings is 2. The fraction of sp³-hybridized carbons (Fsp3) is 0.364. The number of aliphatic hydroxyl groups excluding tert-OH is 1. The summed E-state index contributed by atoms with van der Waals surface area (Å²) in [4.78, 5) is 17.6. The molecular formula is C22H24Br2N2O4. The summed E-state index contributed by atoms with van der Waals surface area (Å²) in [5.41, 5.74) is 1.88. The van der Waals surface area contributed by atoms with Gasteiger partial charge < -0.3 is 19.9 Å². The lowest BCUT2D eigenvalue weighted by atomic mass is 9.93. The van der Waals surface area contributed by atoms with Crippen LogP contribution < -0.4 is 14.8 Å². The molecule has 8 heteroatoms. The largest absolute Gasteiger partial charge is 0.493 e. The maximum absolute atomic E-state index is 12.9. The molecule has 0 bridgehead atoms. The van der Waals surface area contributed by atoms with Crippen LogP contribution in [0, 0.1) is 0 Å². The fourth-order valence-electron chi connectivity index (χ4n) is 3.38. The van der Waals surface area contributed by atoms with E-state index in [1.54, 1.807) is 31.5 Å².